The smallest absolute Gasteiger partial charge is 0.0314 e. The van der Waals surface area contributed by atoms with Crippen molar-refractivity contribution in [2.24, 2.45) is 0 Å². The molecule has 2 aliphatic rings. The standard InChI is InChI=1S/C16H24N2/c17-14-8-6-13(7-9-14)12-18(16-10-11-16)15-4-2-1-3-5-15/h6-9,15-16H,1-5,10-12,17H2. The Labute approximate surface area is 110 Å². The molecule has 0 radical (unpaired) electrons. The molecule has 2 aliphatic carbocycles. The minimum absolute atomic E-state index is 0.837. The van der Waals surface area contributed by atoms with E-state index in [1.54, 1.807) is 0 Å². The van der Waals surface area contributed by atoms with E-state index in [0.717, 1.165) is 24.3 Å². The van der Waals surface area contributed by atoms with Gasteiger partial charge in [0, 0.05) is 24.3 Å². The molecule has 2 heteroatoms. The van der Waals surface area contributed by atoms with Crippen molar-refractivity contribution in [1.82, 2.24) is 4.90 Å². The molecule has 0 heterocycles. The Kier molecular flexibility index (Phi) is 3.55. The van der Waals surface area contributed by atoms with Crippen molar-refractivity contribution in [2.75, 3.05) is 5.73 Å². The minimum Gasteiger partial charge on any atom is -0.399 e. The van der Waals surface area contributed by atoms with Gasteiger partial charge in [-0.05, 0) is 43.4 Å². The van der Waals surface area contributed by atoms with Crippen LogP contribution in [-0.2, 0) is 6.54 Å². The molecule has 1 aromatic rings. The molecule has 0 atom stereocenters. The Morgan fingerprint density at radius 2 is 1.50 bits per heavy atom. The number of hydrogen-bond acceptors (Lipinski definition) is 2. The molecule has 0 saturated heterocycles. The van der Waals surface area contributed by atoms with E-state index in [9.17, 15) is 0 Å². The lowest BCUT2D eigenvalue weighted by molar-refractivity contribution is 0.139. The second-order valence-corrected chi connectivity index (χ2v) is 5.94. The van der Waals surface area contributed by atoms with Crippen molar-refractivity contribution in [3.63, 3.8) is 0 Å². The lowest BCUT2D eigenvalue weighted by atomic mass is 9.93. The normalized spacial score (nSPS) is 21.4. The Morgan fingerprint density at radius 3 is 2.11 bits per heavy atom. The average molecular weight is 244 g/mol. The highest BCUT2D eigenvalue weighted by atomic mass is 15.2. The summed E-state index contributed by atoms with van der Waals surface area (Å²) in [6, 6.07) is 10.1. The van der Waals surface area contributed by atoms with Gasteiger partial charge in [-0.15, -0.1) is 0 Å². The third-order valence-corrected chi connectivity index (χ3v) is 4.40. The maximum absolute atomic E-state index is 5.76. The highest BCUT2D eigenvalue weighted by molar-refractivity contribution is 5.39. The van der Waals surface area contributed by atoms with Crippen LogP contribution in [0.25, 0.3) is 0 Å². The number of nitrogens with two attached hydrogens (primary N) is 1. The van der Waals surface area contributed by atoms with Crippen LogP contribution in [0.3, 0.4) is 0 Å². The first kappa shape index (κ1) is 12.0. The number of anilines is 1. The molecule has 98 valence electrons. The Bertz CT molecular complexity index is 375. The SMILES string of the molecule is Nc1ccc(CN(C2CCCCC2)C2CC2)cc1. The second-order valence-electron chi connectivity index (χ2n) is 5.94. The number of rotatable bonds is 4. The largest absolute Gasteiger partial charge is 0.399 e. The van der Waals surface area contributed by atoms with Crippen molar-refractivity contribution in [1.29, 1.82) is 0 Å². The zero-order chi connectivity index (χ0) is 12.4. The first-order chi connectivity index (χ1) is 8.83. The fourth-order valence-corrected chi connectivity index (χ4v) is 3.21. The molecule has 0 bridgehead atoms. The number of benzene rings is 1. The monoisotopic (exact) mass is 244 g/mol. The van der Waals surface area contributed by atoms with E-state index in [1.165, 1.54) is 50.5 Å². The molecule has 18 heavy (non-hydrogen) atoms. The maximum atomic E-state index is 5.76. The molecule has 0 aromatic heterocycles. The summed E-state index contributed by atoms with van der Waals surface area (Å²) in [5.74, 6) is 0. The van der Waals surface area contributed by atoms with Gasteiger partial charge in [0.15, 0.2) is 0 Å². The van der Waals surface area contributed by atoms with E-state index in [0.29, 0.717) is 0 Å². The lowest BCUT2D eigenvalue weighted by Crippen LogP contribution is -2.37. The predicted molar refractivity (Wildman–Crippen MR) is 76.3 cm³/mol. The van der Waals surface area contributed by atoms with Crippen LogP contribution in [0, 0.1) is 0 Å². The zero-order valence-electron chi connectivity index (χ0n) is 11.1. The molecular weight excluding hydrogens is 220 g/mol. The summed E-state index contributed by atoms with van der Waals surface area (Å²) in [6.45, 7) is 1.12. The second kappa shape index (κ2) is 5.31. The molecule has 0 aliphatic heterocycles. The highest BCUT2D eigenvalue weighted by Gasteiger charge is 2.34. The minimum atomic E-state index is 0.837. The average Bonchev–Trinajstić information content (AvgIpc) is 3.23. The summed E-state index contributed by atoms with van der Waals surface area (Å²) >= 11 is 0. The summed E-state index contributed by atoms with van der Waals surface area (Å²) < 4.78 is 0. The van der Waals surface area contributed by atoms with Gasteiger partial charge in [-0.25, -0.2) is 0 Å². The van der Waals surface area contributed by atoms with Crippen LogP contribution in [0.2, 0.25) is 0 Å². The first-order valence-corrected chi connectivity index (χ1v) is 7.43. The maximum Gasteiger partial charge on any atom is 0.0314 e. The summed E-state index contributed by atoms with van der Waals surface area (Å²) in [7, 11) is 0. The van der Waals surface area contributed by atoms with Crippen LogP contribution in [0.5, 0.6) is 0 Å². The lowest BCUT2D eigenvalue weighted by Gasteiger charge is -2.34. The molecule has 2 saturated carbocycles. The van der Waals surface area contributed by atoms with Gasteiger partial charge in [0.25, 0.3) is 0 Å². The van der Waals surface area contributed by atoms with Gasteiger partial charge >= 0.3 is 0 Å². The van der Waals surface area contributed by atoms with Gasteiger partial charge in [0.1, 0.15) is 0 Å². The molecular formula is C16H24N2. The van der Waals surface area contributed by atoms with Crippen LogP contribution >= 0.6 is 0 Å². The Morgan fingerprint density at radius 1 is 0.889 bits per heavy atom. The Balaban J connectivity index is 1.67. The van der Waals surface area contributed by atoms with Gasteiger partial charge in [-0.3, -0.25) is 4.90 Å². The van der Waals surface area contributed by atoms with Crippen molar-refractivity contribution in [2.45, 2.75) is 63.6 Å². The third kappa shape index (κ3) is 2.86. The topological polar surface area (TPSA) is 29.3 Å². The van der Waals surface area contributed by atoms with Gasteiger partial charge in [-0.2, -0.15) is 0 Å². The number of nitrogens with zero attached hydrogens (tertiary/aromatic N) is 1. The molecule has 3 rings (SSSR count). The fraction of sp³-hybridized carbons (Fsp3) is 0.625. The van der Waals surface area contributed by atoms with Gasteiger partial charge in [0.05, 0.1) is 0 Å². The number of nitrogen functional groups attached to an aromatic ring is 1. The van der Waals surface area contributed by atoms with Gasteiger partial charge in [-0.1, -0.05) is 31.4 Å². The van der Waals surface area contributed by atoms with Crippen LogP contribution < -0.4 is 5.73 Å². The van der Waals surface area contributed by atoms with Crippen molar-refractivity contribution < 1.29 is 0 Å². The third-order valence-electron chi connectivity index (χ3n) is 4.40. The van der Waals surface area contributed by atoms with Crippen molar-refractivity contribution >= 4 is 5.69 Å². The van der Waals surface area contributed by atoms with Crippen molar-refractivity contribution in [3.8, 4) is 0 Å². The zero-order valence-corrected chi connectivity index (χ0v) is 11.1. The predicted octanol–water partition coefficient (Wildman–Crippen LogP) is 3.57. The van der Waals surface area contributed by atoms with Crippen LogP contribution in [0.1, 0.15) is 50.5 Å². The van der Waals surface area contributed by atoms with Crippen LogP contribution in [-0.4, -0.2) is 17.0 Å². The van der Waals surface area contributed by atoms with E-state index >= 15 is 0 Å². The van der Waals surface area contributed by atoms with E-state index < -0.39 is 0 Å². The number of hydrogen-bond donors (Lipinski definition) is 1. The highest BCUT2D eigenvalue weighted by Crippen LogP contribution is 2.34. The van der Waals surface area contributed by atoms with E-state index in [-0.39, 0.29) is 0 Å². The van der Waals surface area contributed by atoms with Gasteiger partial charge < -0.3 is 5.73 Å². The Hall–Kier alpha value is -1.02. The molecule has 0 spiro atoms. The van der Waals surface area contributed by atoms with Gasteiger partial charge in [0.2, 0.25) is 0 Å². The summed E-state index contributed by atoms with van der Waals surface area (Å²) in [4.78, 5) is 2.77. The summed E-state index contributed by atoms with van der Waals surface area (Å²) in [5.41, 5.74) is 8.05. The van der Waals surface area contributed by atoms with Crippen LogP contribution in [0.4, 0.5) is 5.69 Å². The quantitative estimate of drug-likeness (QED) is 0.820. The first-order valence-electron chi connectivity index (χ1n) is 7.43. The fourth-order valence-electron chi connectivity index (χ4n) is 3.21. The molecule has 2 fully saturated rings. The molecule has 1 aromatic carbocycles. The van der Waals surface area contributed by atoms with E-state index in [2.05, 4.69) is 17.0 Å². The molecule has 0 amide bonds. The van der Waals surface area contributed by atoms with E-state index in [4.69, 9.17) is 5.73 Å². The molecule has 2 N–H and O–H groups in total. The summed E-state index contributed by atoms with van der Waals surface area (Å²) in [5, 5.41) is 0. The molecule has 0 unspecified atom stereocenters. The van der Waals surface area contributed by atoms with E-state index in [1.807, 2.05) is 12.1 Å². The summed E-state index contributed by atoms with van der Waals surface area (Å²) in [6.07, 6.45) is 9.93. The van der Waals surface area contributed by atoms with Crippen molar-refractivity contribution in [3.05, 3.63) is 29.8 Å². The molecule has 2 nitrogen and oxygen atoms in total. The van der Waals surface area contributed by atoms with Crippen LogP contribution in [0.15, 0.2) is 24.3 Å².